The van der Waals surface area contributed by atoms with Gasteiger partial charge in [-0.3, -0.25) is 9.78 Å². The van der Waals surface area contributed by atoms with Crippen molar-refractivity contribution in [2.24, 2.45) is 0 Å². The number of hydrogen-bond acceptors (Lipinski definition) is 4. The zero-order chi connectivity index (χ0) is 15.2. The molecule has 0 saturated heterocycles. The highest BCUT2D eigenvalue weighted by Crippen LogP contribution is 2.22. The van der Waals surface area contributed by atoms with Gasteiger partial charge in [-0.2, -0.15) is 0 Å². The van der Waals surface area contributed by atoms with Crippen LogP contribution in [-0.2, 0) is 6.54 Å². The van der Waals surface area contributed by atoms with Crippen LogP contribution in [0.2, 0.25) is 0 Å². The smallest absolute Gasteiger partial charge is 0.272 e. The summed E-state index contributed by atoms with van der Waals surface area (Å²) in [6, 6.07) is 11.2. The van der Waals surface area contributed by atoms with Crippen LogP contribution in [0.15, 0.2) is 42.6 Å². The lowest BCUT2D eigenvalue weighted by atomic mass is 10.2. The van der Waals surface area contributed by atoms with Gasteiger partial charge in [0.2, 0.25) is 0 Å². The van der Waals surface area contributed by atoms with Crippen molar-refractivity contribution >= 4 is 5.91 Å². The zero-order valence-electron chi connectivity index (χ0n) is 12.5. The largest absolute Gasteiger partial charge is 0.457 e. The van der Waals surface area contributed by atoms with Crippen molar-refractivity contribution in [3.8, 4) is 11.5 Å². The second kappa shape index (κ2) is 6.85. The summed E-state index contributed by atoms with van der Waals surface area (Å²) in [4.78, 5) is 17.4. The Labute approximate surface area is 124 Å². The summed E-state index contributed by atoms with van der Waals surface area (Å²) in [6.07, 6.45) is 1.57. The Hall–Kier alpha value is -2.40. The predicted molar refractivity (Wildman–Crippen MR) is 81.5 cm³/mol. The van der Waals surface area contributed by atoms with Crippen LogP contribution in [0.4, 0.5) is 0 Å². The molecule has 2 rings (SSSR count). The molecule has 1 amide bonds. The number of benzene rings is 1. The van der Waals surface area contributed by atoms with Crippen molar-refractivity contribution in [2.75, 3.05) is 21.1 Å². The normalized spacial score (nSPS) is 10.2. The number of carbonyl (C=O) groups is 1. The number of nitrogens with one attached hydrogen (secondary N) is 1. The second-order valence-electron chi connectivity index (χ2n) is 4.85. The first-order chi connectivity index (χ1) is 10.1. The van der Waals surface area contributed by atoms with Crippen molar-refractivity contribution in [2.45, 2.75) is 6.54 Å². The van der Waals surface area contributed by atoms with Gasteiger partial charge in [0.15, 0.2) is 0 Å². The number of amides is 1. The lowest BCUT2D eigenvalue weighted by Gasteiger charge is -2.11. The molecule has 0 saturated carbocycles. The highest BCUT2D eigenvalue weighted by Gasteiger charge is 2.10. The molecule has 2 aromatic rings. The predicted octanol–water partition coefficient (Wildman–Crippen LogP) is 2.30. The summed E-state index contributed by atoms with van der Waals surface area (Å²) in [5.74, 6) is 1.17. The van der Waals surface area contributed by atoms with E-state index in [0.29, 0.717) is 11.4 Å². The molecular weight excluding hydrogens is 266 g/mol. The lowest BCUT2D eigenvalue weighted by Crippen LogP contribution is -2.22. The van der Waals surface area contributed by atoms with Gasteiger partial charge in [-0.15, -0.1) is 0 Å². The van der Waals surface area contributed by atoms with E-state index < -0.39 is 0 Å². The first-order valence-electron chi connectivity index (χ1n) is 6.69. The standard InChI is InChI=1S/C16H19N3O2/c1-17-11-12-4-6-13(7-5-12)21-14-8-9-18-15(10-14)16(20)19(2)3/h4-10,17H,11H2,1-3H3. The lowest BCUT2D eigenvalue weighted by molar-refractivity contribution is 0.0821. The first kappa shape index (κ1) is 15.0. The van der Waals surface area contributed by atoms with Crippen LogP contribution >= 0.6 is 0 Å². The molecule has 0 unspecified atom stereocenters. The topological polar surface area (TPSA) is 54.5 Å². The molecular formula is C16H19N3O2. The van der Waals surface area contributed by atoms with E-state index in [-0.39, 0.29) is 5.91 Å². The fourth-order valence-electron chi connectivity index (χ4n) is 1.84. The number of pyridine rings is 1. The van der Waals surface area contributed by atoms with Crippen molar-refractivity contribution in [3.05, 3.63) is 53.9 Å². The SMILES string of the molecule is CNCc1ccc(Oc2ccnc(C(=O)N(C)C)c2)cc1. The number of nitrogens with zero attached hydrogens (tertiary/aromatic N) is 2. The van der Waals surface area contributed by atoms with Gasteiger partial charge in [0.25, 0.3) is 5.91 Å². The van der Waals surface area contributed by atoms with E-state index in [1.807, 2.05) is 31.3 Å². The molecule has 1 heterocycles. The Kier molecular flexibility index (Phi) is 4.90. The Bertz CT molecular complexity index is 609. The molecule has 0 aliphatic heterocycles. The second-order valence-corrected chi connectivity index (χ2v) is 4.85. The van der Waals surface area contributed by atoms with Gasteiger partial charge in [-0.05, 0) is 30.8 Å². The maximum absolute atomic E-state index is 11.9. The summed E-state index contributed by atoms with van der Waals surface area (Å²) in [7, 11) is 5.29. The van der Waals surface area contributed by atoms with Gasteiger partial charge in [0.05, 0.1) is 0 Å². The Morgan fingerprint density at radius 3 is 2.52 bits per heavy atom. The first-order valence-corrected chi connectivity index (χ1v) is 6.69. The number of ether oxygens (including phenoxy) is 1. The Morgan fingerprint density at radius 2 is 1.90 bits per heavy atom. The third kappa shape index (κ3) is 4.03. The molecule has 5 heteroatoms. The molecule has 0 spiro atoms. The summed E-state index contributed by atoms with van der Waals surface area (Å²) in [5.41, 5.74) is 1.55. The van der Waals surface area contributed by atoms with Crippen molar-refractivity contribution in [1.82, 2.24) is 15.2 Å². The van der Waals surface area contributed by atoms with E-state index in [1.54, 1.807) is 32.4 Å². The molecule has 0 aliphatic carbocycles. The van der Waals surface area contributed by atoms with Crippen LogP contribution in [0.1, 0.15) is 16.1 Å². The molecule has 0 bridgehead atoms. The number of carbonyl (C=O) groups excluding carboxylic acids is 1. The fraction of sp³-hybridized carbons (Fsp3) is 0.250. The number of hydrogen-bond donors (Lipinski definition) is 1. The van der Waals surface area contributed by atoms with Gasteiger partial charge >= 0.3 is 0 Å². The van der Waals surface area contributed by atoms with Gasteiger partial charge in [-0.25, -0.2) is 0 Å². The Balaban J connectivity index is 2.12. The quantitative estimate of drug-likeness (QED) is 0.916. The van der Waals surface area contributed by atoms with Crippen LogP contribution in [0.25, 0.3) is 0 Å². The van der Waals surface area contributed by atoms with E-state index in [9.17, 15) is 4.79 Å². The molecule has 21 heavy (non-hydrogen) atoms. The molecule has 1 N–H and O–H groups in total. The monoisotopic (exact) mass is 285 g/mol. The molecule has 5 nitrogen and oxygen atoms in total. The molecule has 1 aromatic heterocycles. The maximum atomic E-state index is 11.9. The van der Waals surface area contributed by atoms with Crippen molar-refractivity contribution < 1.29 is 9.53 Å². The van der Waals surface area contributed by atoms with Crippen LogP contribution in [0.3, 0.4) is 0 Å². The number of rotatable bonds is 5. The molecule has 1 aromatic carbocycles. The van der Waals surface area contributed by atoms with Gasteiger partial charge in [0, 0.05) is 32.9 Å². The van der Waals surface area contributed by atoms with E-state index >= 15 is 0 Å². The third-order valence-electron chi connectivity index (χ3n) is 2.90. The van der Waals surface area contributed by atoms with Gasteiger partial charge in [-0.1, -0.05) is 12.1 Å². The average molecular weight is 285 g/mol. The zero-order valence-corrected chi connectivity index (χ0v) is 12.5. The van der Waals surface area contributed by atoms with E-state index in [0.717, 1.165) is 12.3 Å². The van der Waals surface area contributed by atoms with Crippen LogP contribution in [0.5, 0.6) is 11.5 Å². The van der Waals surface area contributed by atoms with E-state index in [1.165, 1.54) is 10.5 Å². The van der Waals surface area contributed by atoms with Gasteiger partial charge in [0.1, 0.15) is 17.2 Å². The molecule has 0 atom stereocenters. The maximum Gasteiger partial charge on any atom is 0.272 e. The fourth-order valence-corrected chi connectivity index (χ4v) is 1.84. The molecule has 110 valence electrons. The van der Waals surface area contributed by atoms with Crippen LogP contribution in [0, 0.1) is 0 Å². The minimum absolute atomic E-state index is 0.148. The summed E-state index contributed by atoms with van der Waals surface area (Å²) < 4.78 is 5.75. The highest BCUT2D eigenvalue weighted by atomic mass is 16.5. The van der Waals surface area contributed by atoms with E-state index in [4.69, 9.17) is 4.74 Å². The molecule has 0 fully saturated rings. The minimum Gasteiger partial charge on any atom is -0.457 e. The van der Waals surface area contributed by atoms with Gasteiger partial charge < -0.3 is 15.0 Å². The minimum atomic E-state index is -0.148. The summed E-state index contributed by atoms with van der Waals surface area (Å²) in [6.45, 7) is 0.816. The third-order valence-corrected chi connectivity index (χ3v) is 2.90. The van der Waals surface area contributed by atoms with E-state index in [2.05, 4.69) is 10.3 Å². The highest BCUT2D eigenvalue weighted by molar-refractivity contribution is 5.92. The van der Waals surface area contributed by atoms with Crippen molar-refractivity contribution in [3.63, 3.8) is 0 Å². The number of aromatic nitrogens is 1. The molecule has 0 aliphatic rings. The summed E-state index contributed by atoms with van der Waals surface area (Å²) >= 11 is 0. The average Bonchev–Trinajstić information content (AvgIpc) is 2.49. The molecule has 0 radical (unpaired) electrons. The van der Waals surface area contributed by atoms with Crippen molar-refractivity contribution in [1.29, 1.82) is 0 Å². The van der Waals surface area contributed by atoms with Crippen LogP contribution in [-0.4, -0.2) is 36.9 Å². The van der Waals surface area contributed by atoms with Crippen LogP contribution < -0.4 is 10.1 Å². The summed E-state index contributed by atoms with van der Waals surface area (Å²) in [5, 5.41) is 3.09. The Morgan fingerprint density at radius 1 is 1.19 bits per heavy atom.